The molecule has 0 aliphatic heterocycles. The number of aromatic nitrogens is 1. The van der Waals surface area contributed by atoms with Crippen LogP contribution in [0.5, 0.6) is 5.75 Å². The van der Waals surface area contributed by atoms with E-state index in [-0.39, 0.29) is 0 Å². The van der Waals surface area contributed by atoms with Gasteiger partial charge < -0.3 is 14.0 Å². The number of ether oxygens (including phenoxy) is 2. The van der Waals surface area contributed by atoms with Crippen molar-refractivity contribution in [1.82, 2.24) is 4.57 Å². The van der Waals surface area contributed by atoms with E-state index in [1.54, 1.807) is 7.11 Å². The summed E-state index contributed by atoms with van der Waals surface area (Å²) in [5, 5.41) is 2.55. The summed E-state index contributed by atoms with van der Waals surface area (Å²) < 4.78 is 14.2. The molecule has 25 heavy (non-hydrogen) atoms. The van der Waals surface area contributed by atoms with E-state index < -0.39 is 0 Å². The summed E-state index contributed by atoms with van der Waals surface area (Å²) in [6.07, 6.45) is 0. The first-order valence-corrected chi connectivity index (χ1v) is 9.27. The first-order valence-electron chi connectivity index (χ1n) is 8.19. The first-order chi connectivity index (χ1) is 12.3. The van der Waals surface area contributed by atoms with Gasteiger partial charge in [0, 0.05) is 27.1 Å². The first kappa shape index (κ1) is 16.4. The Morgan fingerprint density at radius 3 is 2.40 bits per heavy atom. The number of benzene rings is 3. The molecular weight excluding hydrogens is 425 g/mol. The van der Waals surface area contributed by atoms with E-state index in [0.717, 1.165) is 11.4 Å². The molecule has 0 fully saturated rings. The van der Waals surface area contributed by atoms with Crippen LogP contribution in [0, 0.1) is 3.57 Å². The Hall–Kier alpha value is -2.05. The molecule has 0 aliphatic carbocycles. The molecule has 1 heterocycles. The number of rotatable bonds is 5. The van der Waals surface area contributed by atoms with Gasteiger partial charge in [-0.25, -0.2) is 0 Å². The number of hydrogen-bond donors (Lipinski definition) is 0. The van der Waals surface area contributed by atoms with E-state index in [1.165, 1.54) is 25.4 Å². The molecule has 0 spiro atoms. The molecular formula is C21H18INO2. The van der Waals surface area contributed by atoms with Gasteiger partial charge in [-0.3, -0.25) is 0 Å². The minimum atomic E-state index is 0.559. The fourth-order valence-electron chi connectivity index (χ4n) is 3.16. The number of nitrogens with zero attached hydrogens (tertiary/aromatic N) is 1. The molecule has 4 rings (SSSR count). The maximum absolute atomic E-state index is 5.67. The van der Waals surface area contributed by atoms with Gasteiger partial charge in [-0.2, -0.15) is 0 Å². The van der Waals surface area contributed by atoms with Gasteiger partial charge >= 0.3 is 0 Å². The van der Waals surface area contributed by atoms with Gasteiger partial charge in [0.25, 0.3) is 0 Å². The summed E-state index contributed by atoms with van der Waals surface area (Å²) in [5.74, 6) is 0.858. The lowest BCUT2D eigenvalue weighted by Crippen LogP contribution is -2.04. The Labute approximate surface area is 160 Å². The quantitative estimate of drug-likeness (QED) is 0.304. The van der Waals surface area contributed by atoms with Gasteiger partial charge in [0.2, 0.25) is 0 Å². The predicted octanol–water partition coefficient (Wildman–Crippen LogP) is 5.41. The van der Waals surface area contributed by atoms with E-state index in [9.17, 15) is 0 Å². The molecule has 0 bridgehead atoms. The zero-order chi connectivity index (χ0) is 17.2. The third kappa shape index (κ3) is 3.12. The number of fused-ring (bicyclic) bond motifs is 3. The molecule has 4 aromatic rings. The molecule has 4 heteroatoms. The minimum absolute atomic E-state index is 0.559. The molecule has 126 valence electrons. The number of halogens is 1. The second-order valence-corrected chi connectivity index (χ2v) is 7.09. The standard InChI is InChI=1S/C21H18INO2/c1-24-12-13-25-17-9-7-16(8-10-17)23-20-5-3-2-4-18(20)19-14-15(22)6-11-21(19)23/h2-11,14H,12-13H2,1H3. The maximum Gasteiger partial charge on any atom is 0.119 e. The topological polar surface area (TPSA) is 23.4 Å². The zero-order valence-corrected chi connectivity index (χ0v) is 16.1. The van der Waals surface area contributed by atoms with Crippen LogP contribution in [0.2, 0.25) is 0 Å². The van der Waals surface area contributed by atoms with Crippen molar-refractivity contribution in [3.05, 3.63) is 70.3 Å². The number of methoxy groups -OCH3 is 1. The Bertz CT molecular complexity index is 1020. The second kappa shape index (κ2) is 7.06. The molecule has 0 aliphatic rings. The highest BCUT2D eigenvalue weighted by atomic mass is 127. The van der Waals surface area contributed by atoms with Crippen molar-refractivity contribution in [2.24, 2.45) is 0 Å². The zero-order valence-electron chi connectivity index (χ0n) is 13.9. The summed E-state index contributed by atoms with van der Waals surface area (Å²) in [6.45, 7) is 1.15. The van der Waals surface area contributed by atoms with E-state index in [0.29, 0.717) is 13.2 Å². The molecule has 0 saturated carbocycles. The van der Waals surface area contributed by atoms with Gasteiger partial charge in [-0.05, 0) is 71.1 Å². The van der Waals surface area contributed by atoms with Gasteiger partial charge in [0.15, 0.2) is 0 Å². The summed E-state index contributed by atoms with van der Waals surface area (Å²) in [7, 11) is 1.68. The summed E-state index contributed by atoms with van der Waals surface area (Å²) in [5.41, 5.74) is 3.56. The Morgan fingerprint density at radius 2 is 1.60 bits per heavy atom. The minimum Gasteiger partial charge on any atom is -0.491 e. The summed E-state index contributed by atoms with van der Waals surface area (Å²) >= 11 is 2.37. The van der Waals surface area contributed by atoms with E-state index in [2.05, 4.69) is 81.8 Å². The summed E-state index contributed by atoms with van der Waals surface area (Å²) in [4.78, 5) is 0. The van der Waals surface area contributed by atoms with Crippen molar-refractivity contribution in [2.45, 2.75) is 0 Å². The lowest BCUT2D eigenvalue weighted by molar-refractivity contribution is 0.146. The maximum atomic E-state index is 5.67. The fourth-order valence-corrected chi connectivity index (χ4v) is 3.65. The van der Waals surface area contributed by atoms with Crippen molar-refractivity contribution in [3.8, 4) is 11.4 Å². The van der Waals surface area contributed by atoms with Crippen molar-refractivity contribution in [2.75, 3.05) is 20.3 Å². The van der Waals surface area contributed by atoms with Crippen LogP contribution < -0.4 is 4.74 Å². The smallest absolute Gasteiger partial charge is 0.119 e. The van der Waals surface area contributed by atoms with Gasteiger partial charge in [0.1, 0.15) is 12.4 Å². The fraction of sp³-hybridized carbons (Fsp3) is 0.143. The normalized spacial score (nSPS) is 11.3. The predicted molar refractivity (Wildman–Crippen MR) is 111 cm³/mol. The molecule has 1 aromatic heterocycles. The average molecular weight is 443 g/mol. The molecule has 0 N–H and O–H groups in total. The lowest BCUT2D eigenvalue weighted by atomic mass is 10.2. The molecule has 0 saturated heterocycles. The monoisotopic (exact) mass is 443 g/mol. The van der Waals surface area contributed by atoms with E-state index in [1.807, 2.05) is 12.1 Å². The Kier molecular flexibility index (Phi) is 4.63. The Balaban J connectivity index is 1.82. The SMILES string of the molecule is COCCOc1ccc(-n2c3ccccc3c3cc(I)ccc32)cc1. The van der Waals surface area contributed by atoms with E-state index >= 15 is 0 Å². The third-order valence-electron chi connectivity index (χ3n) is 4.29. The van der Waals surface area contributed by atoms with Crippen LogP contribution in [0.1, 0.15) is 0 Å². The highest BCUT2D eigenvalue weighted by Crippen LogP contribution is 2.33. The molecule has 0 unspecified atom stereocenters. The van der Waals surface area contributed by atoms with Crippen molar-refractivity contribution < 1.29 is 9.47 Å². The van der Waals surface area contributed by atoms with E-state index in [4.69, 9.17) is 9.47 Å². The van der Waals surface area contributed by atoms with Crippen LogP contribution in [0.4, 0.5) is 0 Å². The van der Waals surface area contributed by atoms with Crippen molar-refractivity contribution >= 4 is 44.4 Å². The highest BCUT2D eigenvalue weighted by Gasteiger charge is 2.12. The highest BCUT2D eigenvalue weighted by molar-refractivity contribution is 14.1. The van der Waals surface area contributed by atoms with Crippen LogP contribution in [0.15, 0.2) is 66.7 Å². The Morgan fingerprint density at radius 1 is 0.840 bits per heavy atom. The number of hydrogen-bond acceptors (Lipinski definition) is 2. The van der Waals surface area contributed by atoms with Crippen molar-refractivity contribution in [3.63, 3.8) is 0 Å². The van der Waals surface area contributed by atoms with Crippen LogP contribution in [-0.4, -0.2) is 24.9 Å². The van der Waals surface area contributed by atoms with Crippen molar-refractivity contribution in [1.29, 1.82) is 0 Å². The van der Waals surface area contributed by atoms with Gasteiger partial charge in [-0.15, -0.1) is 0 Å². The largest absolute Gasteiger partial charge is 0.491 e. The molecule has 0 radical (unpaired) electrons. The second-order valence-electron chi connectivity index (χ2n) is 5.85. The average Bonchev–Trinajstić information content (AvgIpc) is 2.96. The molecule has 0 amide bonds. The van der Waals surface area contributed by atoms with Crippen LogP contribution in [0.3, 0.4) is 0 Å². The van der Waals surface area contributed by atoms with Gasteiger partial charge in [-0.1, -0.05) is 18.2 Å². The molecule has 3 nitrogen and oxygen atoms in total. The third-order valence-corrected chi connectivity index (χ3v) is 4.96. The van der Waals surface area contributed by atoms with Crippen LogP contribution in [0.25, 0.3) is 27.5 Å². The lowest BCUT2D eigenvalue weighted by Gasteiger charge is -2.10. The molecule has 3 aromatic carbocycles. The molecule has 0 atom stereocenters. The number of para-hydroxylation sites is 1. The van der Waals surface area contributed by atoms with Crippen LogP contribution in [-0.2, 0) is 4.74 Å². The summed E-state index contributed by atoms with van der Waals surface area (Å²) in [6, 6.07) is 23.4. The van der Waals surface area contributed by atoms with Gasteiger partial charge in [0.05, 0.1) is 17.6 Å². The van der Waals surface area contributed by atoms with Crippen LogP contribution >= 0.6 is 22.6 Å².